The molecule has 0 rings (SSSR count). The maximum Gasteiger partial charge on any atom is 0.500 e. The quantitative estimate of drug-likeness (QED) is 0.329. The third kappa shape index (κ3) is 6.09. The molecule has 0 aliphatic rings. The SMILES string of the molecule is C=CCCC[Si](OCC)(OCC)OCC. The van der Waals surface area contributed by atoms with Crippen LogP contribution in [0.4, 0.5) is 0 Å². The van der Waals surface area contributed by atoms with Gasteiger partial charge in [0.25, 0.3) is 0 Å². The summed E-state index contributed by atoms with van der Waals surface area (Å²) in [5.41, 5.74) is 0. The lowest BCUT2D eigenvalue weighted by Crippen LogP contribution is -2.45. The van der Waals surface area contributed by atoms with Crippen LogP contribution < -0.4 is 0 Å². The first kappa shape index (κ1) is 14.8. The van der Waals surface area contributed by atoms with E-state index in [0.717, 1.165) is 18.9 Å². The van der Waals surface area contributed by atoms with E-state index in [9.17, 15) is 0 Å². The molecule has 0 aromatic carbocycles. The molecule has 0 radical (unpaired) electrons. The van der Waals surface area contributed by atoms with Gasteiger partial charge in [0.1, 0.15) is 0 Å². The van der Waals surface area contributed by atoms with Gasteiger partial charge in [0.05, 0.1) is 0 Å². The van der Waals surface area contributed by atoms with Crippen molar-refractivity contribution >= 4 is 8.80 Å². The minimum atomic E-state index is -2.38. The third-order valence-electron chi connectivity index (χ3n) is 1.98. The Hall–Kier alpha value is -0.163. The molecule has 0 aromatic rings. The Morgan fingerprint density at radius 3 is 1.80 bits per heavy atom. The highest BCUT2D eigenvalue weighted by atomic mass is 28.4. The van der Waals surface area contributed by atoms with Crippen LogP contribution in [0, 0.1) is 0 Å². The van der Waals surface area contributed by atoms with Gasteiger partial charge in [0.15, 0.2) is 0 Å². The number of unbranched alkanes of at least 4 members (excludes halogenated alkanes) is 1. The molecule has 90 valence electrons. The van der Waals surface area contributed by atoms with Crippen molar-refractivity contribution in [1.82, 2.24) is 0 Å². The fourth-order valence-corrected chi connectivity index (χ4v) is 4.10. The van der Waals surface area contributed by atoms with Gasteiger partial charge in [-0.3, -0.25) is 0 Å². The van der Waals surface area contributed by atoms with E-state index in [2.05, 4.69) is 6.58 Å². The van der Waals surface area contributed by atoms with Gasteiger partial charge in [0.2, 0.25) is 0 Å². The first-order chi connectivity index (χ1) is 7.24. The second-order valence-corrected chi connectivity index (χ2v) is 5.90. The Labute approximate surface area is 94.8 Å². The van der Waals surface area contributed by atoms with Crippen LogP contribution >= 0.6 is 0 Å². The standard InChI is InChI=1S/C11H24O3Si/c1-5-9-10-11-15(12-6-2,13-7-3)14-8-4/h5H,1,6-11H2,2-4H3. The summed E-state index contributed by atoms with van der Waals surface area (Å²) < 4.78 is 17.2. The first-order valence-electron chi connectivity index (χ1n) is 5.77. The minimum absolute atomic E-state index is 0.653. The van der Waals surface area contributed by atoms with Gasteiger partial charge < -0.3 is 13.3 Å². The molecule has 0 fully saturated rings. The summed E-state index contributed by atoms with van der Waals surface area (Å²) in [4.78, 5) is 0. The molecule has 0 amide bonds. The smallest absolute Gasteiger partial charge is 0.374 e. The molecule has 0 saturated carbocycles. The molecule has 0 heterocycles. The van der Waals surface area contributed by atoms with Gasteiger partial charge in [0, 0.05) is 25.9 Å². The van der Waals surface area contributed by atoms with E-state index in [-0.39, 0.29) is 0 Å². The molecule has 0 aromatic heterocycles. The van der Waals surface area contributed by atoms with E-state index in [1.807, 2.05) is 26.8 Å². The largest absolute Gasteiger partial charge is 0.500 e. The second kappa shape index (κ2) is 9.09. The summed E-state index contributed by atoms with van der Waals surface area (Å²) in [5, 5.41) is 0. The normalized spacial score (nSPS) is 11.7. The second-order valence-electron chi connectivity index (χ2n) is 3.16. The van der Waals surface area contributed by atoms with Crippen LogP contribution in [0.15, 0.2) is 12.7 Å². The fraction of sp³-hybridized carbons (Fsp3) is 0.818. The van der Waals surface area contributed by atoms with Crippen molar-refractivity contribution in [3.05, 3.63) is 12.7 Å². The van der Waals surface area contributed by atoms with Crippen molar-refractivity contribution < 1.29 is 13.3 Å². The molecule has 0 N–H and O–H groups in total. The van der Waals surface area contributed by atoms with Crippen molar-refractivity contribution in [1.29, 1.82) is 0 Å². The van der Waals surface area contributed by atoms with Gasteiger partial charge in [-0.05, 0) is 33.6 Å². The summed E-state index contributed by atoms with van der Waals surface area (Å²) in [7, 11) is -2.38. The maximum absolute atomic E-state index is 5.72. The number of rotatable bonds is 10. The molecule has 15 heavy (non-hydrogen) atoms. The number of allylic oxidation sites excluding steroid dienone is 1. The van der Waals surface area contributed by atoms with Gasteiger partial charge in [-0.25, -0.2) is 0 Å². The molecular weight excluding hydrogens is 208 g/mol. The van der Waals surface area contributed by atoms with E-state index in [0.29, 0.717) is 19.8 Å². The molecule has 0 aliphatic heterocycles. The Morgan fingerprint density at radius 2 is 1.47 bits per heavy atom. The van der Waals surface area contributed by atoms with E-state index in [1.165, 1.54) is 0 Å². The summed E-state index contributed by atoms with van der Waals surface area (Å²) in [6.45, 7) is 11.6. The van der Waals surface area contributed by atoms with Crippen molar-refractivity contribution in [2.24, 2.45) is 0 Å². The maximum atomic E-state index is 5.72. The highest BCUT2D eigenvalue weighted by Crippen LogP contribution is 2.19. The highest BCUT2D eigenvalue weighted by Gasteiger charge is 2.39. The molecular formula is C11H24O3Si. The van der Waals surface area contributed by atoms with Gasteiger partial charge in [-0.15, -0.1) is 6.58 Å². The number of hydrogen-bond acceptors (Lipinski definition) is 3. The topological polar surface area (TPSA) is 27.7 Å². The fourth-order valence-electron chi connectivity index (χ4n) is 1.46. The predicted molar refractivity (Wildman–Crippen MR) is 64.9 cm³/mol. The van der Waals surface area contributed by atoms with Gasteiger partial charge >= 0.3 is 8.80 Å². The Balaban J connectivity index is 4.24. The van der Waals surface area contributed by atoms with Crippen molar-refractivity contribution in [2.45, 2.75) is 39.7 Å². The average molecular weight is 232 g/mol. The van der Waals surface area contributed by atoms with Crippen molar-refractivity contribution in [3.63, 3.8) is 0 Å². The highest BCUT2D eigenvalue weighted by molar-refractivity contribution is 6.60. The van der Waals surface area contributed by atoms with E-state index in [1.54, 1.807) is 0 Å². The van der Waals surface area contributed by atoms with Crippen molar-refractivity contribution in [2.75, 3.05) is 19.8 Å². The summed E-state index contributed by atoms with van der Waals surface area (Å²) in [5.74, 6) is 0. The molecule has 0 unspecified atom stereocenters. The monoisotopic (exact) mass is 232 g/mol. The lowest BCUT2D eigenvalue weighted by atomic mass is 10.3. The average Bonchev–Trinajstić information content (AvgIpc) is 2.19. The lowest BCUT2D eigenvalue weighted by Gasteiger charge is -2.28. The van der Waals surface area contributed by atoms with Gasteiger partial charge in [-0.2, -0.15) is 0 Å². The predicted octanol–water partition coefficient (Wildman–Crippen LogP) is 3.00. The zero-order chi connectivity index (χ0) is 11.6. The van der Waals surface area contributed by atoms with Gasteiger partial charge in [-0.1, -0.05) is 6.08 Å². The molecule has 4 heteroatoms. The summed E-state index contributed by atoms with van der Waals surface area (Å²) >= 11 is 0. The van der Waals surface area contributed by atoms with Crippen LogP contribution in [0.1, 0.15) is 33.6 Å². The Kier molecular flexibility index (Phi) is 8.99. The summed E-state index contributed by atoms with van der Waals surface area (Å²) in [6, 6.07) is 0.883. The van der Waals surface area contributed by atoms with E-state index >= 15 is 0 Å². The van der Waals surface area contributed by atoms with Crippen molar-refractivity contribution in [3.8, 4) is 0 Å². The minimum Gasteiger partial charge on any atom is -0.374 e. The lowest BCUT2D eigenvalue weighted by molar-refractivity contribution is 0.0709. The van der Waals surface area contributed by atoms with Crippen LogP contribution in [0.3, 0.4) is 0 Å². The van der Waals surface area contributed by atoms with Crippen LogP contribution in [0.2, 0.25) is 6.04 Å². The van der Waals surface area contributed by atoms with Crippen LogP contribution in [-0.4, -0.2) is 28.6 Å². The third-order valence-corrected chi connectivity index (χ3v) is 5.14. The molecule has 0 spiro atoms. The number of hydrogen-bond donors (Lipinski definition) is 0. The Morgan fingerprint density at radius 1 is 1.00 bits per heavy atom. The van der Waals surface area contributed by atoms with E-state index < -0.39 is 8.80 Å². The Bertz CT molecular complexity index is 145. The zero-order valence-electron chi connectivity index (χ0n) is 10.3. The molecule has 0 bridgehead atoms. The molecule has 0 atom stereocenters. The molecule has 3 nitrogen and oxygen atoms in total. The van der Waals surface area contributed by atoms with E-state index in [4.69, 9.17) is 13.3 Å². The first-order valence-corrected chi connectivity index (χ1v) is 7.70. The molecule has 0 saturated heterocycles. The zero-order valence-corrected chi connectivity index (χ0v) is 11.3. The summed E-state index contributed by atoms with van der Waals surface area (Å²) in [6.07, 6.45) is 3.93. The van der Waals surface area contributed by atoms with Crippen LogP contribution in [0.5, 0.6) is 0 Å². The van der Waals surface area contributed by atoms with Crippen LogP contribution in [-0.2, 0) is 13.3 Å². The molecule has 0 aliphatic carbocycles. The van der Waals surface area contributed by atoms with Crippen LogP contribution in [0.25, 0.3) is 0 Å².